The highest BCUT2D eigenvalue weighted by Crippen LogP contribution is 2.36. The van der Waals surface area contributed by atoms with Crippen LogP contribution in [-0.4, -0.2) is 18.4 Å². The third-order valence-corrected chi connectivity index (χ3v) is 6.09. The summed E-state index contributed by atoms with van der Waals surface area (Å²) in [7, 11) is -4.35. The Morgan fingerprint density at radius 1 is 0.969 bits per heavy atom. The molecule has 0 aliphatic carbocycles. The van der Waals surface area contributed by atoms with Gasteiger partial charge in [0.15, 0.2) is 5.75 Å². The van der Waals surface area contributed by atoms with Crippen molar-refractivity contribution in [2.75, 3.05) is 4.72 Å². The molecular formula is C20H13ClF3N3O4S. The zero-order valence-corrected chi connectivity index (χ0v) is 17.4. The molecule has 3 N–H and O–H groups in total. The Kier molecular flexibility index (Phi) is 5.39. The van der Waals surface area contributed by atoms with Gasteiger partial charge in [-0.3, -0.25) is 4.72 Å². The first-order chi connectivity index (χ1) is 15.0. The summed E-state index contributed by atoms with van der Waals surface area (Å²) in [6, 6.07) is 13.1. The third kappa shape index (κ3) is 4.43. The molecule has 1 heterocycles. The summed E-state index contributed by atoms with van der Waals surface area (Å²) in [6.45, 7) is 0. The molecule has 32 heavy (non-hydrogen) atoms. The van der Waals surface area contributed by atoms with Crippen LogP contribution in [0.5, 0.6) is 11.5 Å². The standard InChI is InChI=1S/C20H13ClF3N3O4S/c21-15-8-7-13(10-14(15)20(22,23)24)32(29,30)27-11-3-1-4-12(9-11)31-17-6-2-5-16-18(17)26-19(28)25-16/h1-10,27H,(H2,25,26,28). The van der Waals surface area contributed by atoms with Crippen LogP contribution >= 0.6 is 11.6 Å². The number of alkyl halides is 3. The predicted octanol–water partition coefficient (Wildman–Crippen LogP) is 5.12. The molecule has 0 aliphatic heterocycles. The number of nitrogens with one attached hydrogen (secondary N) is 3. The Bertz CT molecular complexity index is 1480. The fraction of sp³-hybridized carbons (Fsp3) is 0.0500. The highest BCUT2D eigenvalue weighted by atomic mass is 35.5. The number of para-hydroxylation sites is 1. The lowest BCUT2D eigenvalue weighted by atomic mass is 10.2. The molecule has 0 spiro atoms. The number of benzene rings is 3. The SMILES string of the molecule is O=c1[nH]c2cccc(Oc3cccc(NS(=O)(=O)c4ccc(Cl)c(C(F)(F)F)c4)c3)c2[nH]1. The van der Waals surface area contributed by atoms with E-state index in [-0.39, 0.29) is 11.4 Å². The maximum Gasteiger partial charge on any atom is 0.417 e. The van der Waals surface area contributed by atoms with Crippen LogP contribution in [-0.2, 0) is 16.2 Å². The summed E-state index contributed by atoms with van der Waals surface area (Å²) in [5, 5.41) is -0.608. The number of sulfonamides is 1. The monoisotopic (exact) mass is 483 g/mol. The topological polar surface area (TPSA) is 104 Å². The van der Waals surface area contributed by atoms with Crippen molar-refractivity contribution in [2.24, 2.45) is 0 Å². The minimum Gasteiger partial charge on any atom is -0.455 e. The van der Waals surface area contributed by atoms with Crippen molar-refractivity contribution in [3.05, 3.63) is 81.7 Å². The molecule has 0 radical (unpaired) electrons. The van der Waals surface area contributed by atoms with E-state index in [1.807, 2.05) is 0 Å². The van der Waals surface area contributed by atoms with Crippen LogP contribution in [0.2, 0.25) is 5.02 Å². The van der Waals surface area contributed by atoms with Crippen molar-refractivity contribution in [2.45, 2.75) is 11.1 Å². The van der Waals surface area contributed by atoms with Crippen LogP contribution in [0, 0.1) is 0 Å². The van der Waals surface area contributed by atoms with Crippen molar-refractivity contribution in [1.82, 2.24) is 9.97 Å². The molecule has 0 amide bonds. The quantitative estimate of drug-likeness (QED) is 0.366. The van der Waals surface area contributed by atoms with Gasteiger partial charge in [-0.15, -0.1) is 0 Å². The van der Waals surface area contributed by atoms with Crippen LogP contribution in [0.1, 0.15) is 5.56 Å². The molecule has 0 unspecified atom stereocenters. The molecule has 1 aromatic heterocycles. The largest absolute Gasteiger partial charge is 0.455 e. The molecule has 4 aromatic rings. The van der Waals surface area contributed by atoms with Gasteiger partial charge < -0.3 is 14.7 Å². The van der Waals surface area contributed by atoms with Crippen molar-refractivity contribution in [3.8, 4) is 11.5 Å². The van der Waals surface area contributed by atoms with Gasteiger partial charge in [0.05, 0.1) is 26.7 Å². The summed E-state index contributed by atoms with van der Waals surface area (Å²) in [4.78, 5) is 16.1. The number of fused-ring (bicyclic) bond motifs is 1. The van der Waals surface area contributed by atoms with E-state index >= 15 is 0 Å². The van der Waals surface area contributed by atoms with E-state index in [1.54, 1.807) is 24.3 Å². The highest BCUT2D eigenvalue weighted by molar-refractivity contribution is 7.92. The van der Waals surface area contributed by atoms with Gasteiger partial charge in [-0.1, -0.05) is 23.7 Å². The van der Waals surface area contributed by atoms with E-state index in [0.717, 1.165) is 12.1 Å². The second-order valence-electron chi connectivity index (χ2n) is 6.63. The molecule has 0 aliphatic rings. The smallest absolute Gasteiger partial charge is 0.417 e. The maximum atomic E-state index is 13.1. The summed E-state index contributed by atoms with van der Waals surface area (Å²) < 4.78 is 72.5. The van der Waals surface area contributed by atoms with Gasteiger partial charge >= 0.3 is 11.9 Å². The zero-order valence-electron chi connectivity index (χ0n) is 15.8. The Labute approximate surface area is 183 Å². The lowest BCUT2D eigenvalue weighted by Crippen LogP contribution is -2.15. The number of imidazole rings is 1. The molecule has 3 aromatic carbocycles. The molecule has 12 heteroatoms. The van der Waals surface area contributed by atoms with E-state index < -0.39 is 37.4 Å². The number of rotatable bonds is 5. The Morgan fingerprint density at radius 3 is 2.47 bits per heavy atom. The first-order valence-corrected chi connectivity index (χ1v) is 10.8. The van der Waals surface area contributed by atoms with E-state index in [0.29, 0.717) is 22.8 Å². The van der Waals surface area contributed by atoms with E-state index in [2.05, 4.69) is 14.7 Å². The van der Waals surface area contributed by atoms with Gasteiger partial charge in [-0.2, -0.15) is 13.2 Å². The van der Waals surface area contributed by atoms with Crippen LogP contribution in [0.15, 0.2) is 70.4 Å². The Balaban J connectivity index is 1.62. The number of ether oxygens (including phenoxy) is 1. The second-order valence-corrected chi connectivity index (χ2v) is 8.72. The lowest BCUT2D eigenvalue weighted by molar-refractivity contribution is -0.137. The fourth-order valence-electron chi connectivity index (χ4n) is 2.97. The molecule has 0 atom stereocenters. The van der Waals surface area contributed by atoms with Crippen LogP contribution < -0.4 is 15.1 Å². The Hall–Kier alpha value is -3.44. The number of aromatic amines is 2. The molecular weight excluding hydrogens is 471 g/mol. The minimum atomic E-state index is -4.81. The molecule has 166 valence electrons. The maximum absolute atomic E-state index is 13.1. The fourth-order valence-corrected chi connectivity index (χ4v) is 4.27. The van der Waals surface area contributed by atoms with Crippen molar-refractivity contribution in [3.63, 3.8) is 0 Å². The second kappa shape index (κ2) is 7.92. The van der Waals surface area contributed by atoms with E-state index in [4.69, 9.17) is 16.3 Å². The van der Waals surface area contributed by atoms with Crippen LogP contribution in [0.4, 0.5) is 18.9 Å². The summed E-state index contributed by atoms with van der Waals surface area (Å²) >= 11 is 5.56. The van der Waals surface area contributed by atoms with Gasteiger partial charge in [0.1, 0.15) is 11.3 Å². The zero-order chi connectivity index (χ0) is 23.1. The molecule has 0 saturated heterocycles. The van der Waals surface area contributed by atoms with Gasteiger partial charge in [0, 0.05) is 6.07 Å². The van der Waals surface area contributed by atoms with Crippen LogP contribution in [0.25, 0.3) is 11.0 Å². The lowest BCUT2D eigenvalue weighted by Gasteiger charge is -2.13. The number of halogens is 4. The first-order valence-electron chi connectivity index (χ1n) is 8.91. The molecule has 7 nitrogen and oxygen atoms in total. The molecule has 0 fully saturated rings. The molecule has 0 saturated carbocycles. The van der Waals surface area contributed by atoms with Gasteiger partial charge in [-0.25, -0.2) is 13.2 Å². The first kappa shape index (κ1) is 21.8. The molecule has 0 bridgehead atoms. The summed E-state index contributed by atoms with van der Waals surface area (Å²) in [5.74, 6) is 0.542. The van der Waals surface area contributed by atoms with Crippen molar-refractivity contribution >= 4 is 38.3 Å². The van der Waals surface area contributed by atoms with Gasteiger partial charge in [0.25, 0.3) is 10.0 Å². The average molecular weight is 484 g/mol. The number of H-pyrrole nitrogens is 2. The van der Waals surface area contributed by atoms with Crippen molar-refractivity contribution in [1.29, 1.82) is 0 Å². The predicted molar refractivity (Wildman–Crippen MR) is 113 cm³/mol. The summed E-state index contributed by atoms with van der Waals surface area (Å²) in [5.41, 5.74) is -0.677. The molecule has 4 rings (SSSR count). The van der Waals surface area contributed by atoms with E-state index in [1.165, 1.54) is 18.2 Å². The summed E-state index contributed by atoms with van der Waals surface area (Å²) in [6.07, 6.45) is -4.81. The number of anilines is 1. The Morgan fingerprint density at radius 2 is 1.72 bits per heavy atom. The van der Waals surface area contributed by atoms with Crippen molar-refractivity contribution < 1.29 is 26.3 Å². The number of hydrogen-bond donors (Lipinski definition) is 3. The number of aromatic nitrogens is 2. The average Bonchev–Trinajstić information content (AvgIpc) is 3.08. The van der Waals surface area contributed by atoms with Gasteiger partial charge in [0.2, 0.25) is 0 Å². The van der Waals surface area contributed by atoms with Crippen LogP contribution in [0.3, 0.4) is 0 Å². The van der Waals surface area contributed by atoms with Gasteiger partial charge in [-0.05, 0) is 42.5 Å². The highest BCUT2D eigenvalue weighted by Gasteiger charge is 2.34. The third-order valence-electron chi connectivity index (χ3n) is 4.38. The number of hydrogen-bond acceptors (Lipinski definition) is 4. The minimum absolute atomic E-state index is 0.0562. The normalized spacial score (nSPS) is 12.1. The van der Waals surface area contributed by atoms with E-state index in [9.17, 15) is 26.4 Å².